The maximum absolute atomic E-state index is 9.44. The average molecular weight is 339 g/mol. The molecule has 0 fully saturated rings. The zero-order valence-electron chi connectivity index (χ0n) is 14.6. The molecule has 0 amide bonds. The van der Waals surface area contributed by atoms with E-state index >= 15 is 0 Å². The van der Waals surface area contributed by atoms with E-state index in [9.17, 15) is 5.26 Å². The Balaban J connectivity index is 1.83. The summed E-state index contributed by atoms with van der Waals surface area (Å²) in [6.45, 7) is 3.98. The summed E-state index contributed by atoms with van der Waals surface area (Å²) in [5.41, 5.74) is 4.53. The number of hydrogen-bond acceptors (Lipinski definition) is 4. The minimum atomic E-state index is 0.543. The first-order chi connectivity index (χ1) is 12.6. The van der Waals surface area contributed by atoms with Crippen LogP contribution in [0.2, 0.25) is 0 Å². The molecule has 2 aromatic carbocycles. The molecule has 0 aliphatic rings. The number of hydrogen-bond donors (Lipinski definition) is 1. The smallest absolute Gasteiger partial charge is 0.142 e. The number of aryl methyl sites for hydroxylation is 2. The van der Waals surface area contributed by atoms with E-state index in [2.05, 4.69) is 16.4 Å². The van der Waals surface area contributed by atoms with Gasteiger partial charge in [-0.1, -0.05) is 29.8 Å². The average Bonchev–Trinajstić information content (AvgIpc) is 2.99. The van der Waals surface area contributed by atoms with Crippen molar-refractivity contribution in [1.29, 1.82) is 5.26 Å². The lowest BCUT2D eigenvalue weighted by Gasteiger charge is -2.11. The molecule has 0 radical (unpaired) electrons. The monoisotopic (exact) mass is 339 g/mol. The maximum atomic E-state index is 9.44. The molecule has 126 valence electrons. The van der Waals surface area contributed by atoms with Crippen molar-refractivity contribution in [2.24, 2.45) is 0 Å². The van der Waals surface area contributed by atoms with Crippen molar-refractivity contribution in [3.05, 3.63) is 77.6 Å². The van der Waals surface area contributed by atoms with Gasteiger partial charge in [-0.25, -0.2) is 9.97 Å². The highest BCUT2D eigenvalue weighted by atomic mass is 15.2. The summed E-state index contributed by atoms with van der Waals surface area (Å²) in [6.07, 6.45) is 0. The van der Waals surface area contributed by atoms with Crippen LogP contribution in [0.3, 0.4) is 0 Å². The third-order valence-corrected chi connectivity index (χ3v) is 4.22. The van der Waals surface area contributed by atoms with Gasteiger partial charge in [0.2, 0.25) is 0 Å². The lowest BCUT2D eigenvalue weighted by atomic mass is 10.2. The zero-order valence-corrected chi connectivity index (χ0v) is 14.6. The van der Waals surface area contributed by atoms with E-state index in [0.29, 0.717) is 17.2 Å². The van der Waals surface area contributed by atoms with Crippen molar-refractivity contribution in [2.45, 2.75) is 13.8 Å². The van der Waals surface area contributed by atoms with E-state index < -0.39 is 0 Å². The van der Waals surface area contributed by atoms with Crippen LogP contribution in [0.15, 0.2) is 60.7 Å². The fraction of sp³-hybridized carbons (Fsp3) is 0.0952. The van der Waals surface area contributed by atoms with Crippen LogP contribution in [-0.2, 0) is 0 Å². The van der Waals surface area contributed by atoms with E-state index in [1.54, 1.807) is 12.1 Å². The summed E-state index contributed by atoms with van der Waals surface area (Å²) in [7, 11) is 0. The molecule has 0 saturated carbocycles. The molecule has 4 rings (SSSR count). The summed E-state index contributed by atoms with van der Waals surface area (Å²) in [5.74, 6) is 2.13. The first-order valence-electron chi connectivity index (χ1n) is 8.34. The molecule has 0 unspecified atom stereocenters. The van der Waals surface area contributed by atoms with Gasteiger partial charge in [0.05, 0.1) is 22.7 Å². The van der Waals surface area contributed by atoms with Gasteiger partial charge in [0.1, 0.15) is 17.5 Å². The highest BCUT2D eigenvalue weighted by molar-refractivity contribution is 5.78. The molecule has 0 bridgehead atoms. The first-order valence-corrected chi connectivity index (χ1v) is 8.34. The van der Waals surface area contributed by atoms with Gasteiger partial charge in [-0.2, -0.15) is 5.26 Å². The van der Waals surface area contributed by atoms with Crippen molar-refractivity contribution in [1.82, 2.24) is 14.5 Å². The molecule has 2 heterocycles. The minimum Gasteiger partial charge on any atom is -0.340 e. The van der Waals surface area contributed by atoms with Gasteiger partial charge in [0, 0.05) is 5.69 Å². The van der Waals surface area contributed by atoms with Crippen LogP contribution < -0.4 is 5.32 Å². The number of nitriles is 1. The second-order valence-electron chi connectivity index (χ2n) is 6.19. The van der Waals surface area contributed by atoms with Crippen LogP contribution in [-0.4, -0.2) is 14.5 Å². The van der Waals surface area contributed by atoms with Crippen LogP contribution >= 0.6 is 0 Å². The summed E-state index contributed by atoms with van der Waals surface area (Å²) in [5, 5.41) is 12.7. The summed E-state index contributed by atoms with van der Waals surface area (Å²) >= 11 is 0. The lowest BCUT2D eigenvalue weighted by Crippen LogP contribution is -2.03. The molecule has 26 heavy (non-hydrogen) atoms. The van der Waals surface area contributed by atoms with Crippen molar-refractivity contribution in [2.75, 3.05) is 5.32 Å². The first kappa shape index (κ1) is 15.9. The number of rotatable bonds is 3. The van der Waals surface area contributed by atoms with Gasteiger partial charge in [0.25, 0.3) is 0 Å². The van der Waals surface area contributed by atoms with Gasteiger partial charge in [0.15, 0.2) is 0 Å². The van der Waals surface area contributed by atoms with E-state index in [4.69, 9.17) is 4.98 Å². The van der Waals surface area contributed by atoms with Crippen LogP contribution in [0.25, 0.3) is 16.9 Å². The normalized spacial score (nSPS) is 10.7. The number of anilines is 2. The van der Waals surface area contributed by atoms with Gasteiger partial charge >= 0.3 is 0 Å². The van der Waals surface area contributed by atoms with E-state index in [0.717, 1.165) is 22.5 Å². The van der Waals surface area contributed by atoms with E-state index in [-0.39, 0.29) is 0 Å². The second kappa shape index (κ2) is 6.34. The largest absolute Gasteiger partial charge is 0.340 e. The Morgan fingerprint density at radius 1 is 0.962 bits per heavy atom. The topological polar surface area (TPSA) is 66.5 Å². The number of aromatic nitrogens is 3. The standard InChI is InChI=1S/C21H17N5/c1-14-7-9-17(10-8-14)24-20-11-16(13-22)12-21(25-20)26-15(2)23-18-5-3-4-6-19(18)26/h3-12H,1-2H3,(H,24,25). The van der Waals surface area contributed by atoms with Crippen molar-refractivity contribution in [3.63, 3.8) is 0 Å². The Morgan fingerprint density at radius 3 is 2.50 bits per heavy atom. The summed E-state index contributed by atoms with van der Waals surface area (Å²) in [6, 6.07) is 21.7. The number of imidazole rings is 1. The lowest BCUT2D eigenvalue weighted by molar-refractivity contribution is 0.957. The Morgan fingerprint density at radius 2 is 1.73 bits per heavy atom. The Bertz CT molecular complexity index is 1130. The number of fused-ring (bicyclic) bond motifs is 1. The van der Waals surface area contributed by atoms with Gasteiger partial charge in [-0.3, -0.25) is 4.57 Å². The third-order valence-electron chi connectivity index (χ3n) is 4.22. The molecule has 5 heteroatoms. The van der Waals surface area contributed by atoms with Gasteiger partial charge < -0.3 is 5.32 Å². The fourth-order valence-electron chi connectivity index (χ4n) is 2.98. The Labute approximate surface area is 151 Å². The number of pyridine rings is 1. The molecule has 4 aromatic rings. The summed E-state index contributed by atoms with van der Waals surface area (Å²) in [4.78, 5) is 9.30. The molecule has 0 aliphatic carbocycles. The molecule has 5 nitrogen and oxygen atoms in total. The highest BCUT2D eigenvalue weighted by Gasteiger charge is 2.12. The molecule has 2 aromatic heterocycles. The molecule has 0 aliphatic heterocycles. The number of para-hydroxylation sites is 2. The van der Waals surface area contributed by atoms with Crippen LogP contribution in [0.4, 0.5) is 11.5 Å². The number of benzene rings is 2. The molecule has 0 atom stereocenters. The van der Waals surface area contributed by atoms with Crippen LogP contribution in [0, 0.1) is 25.2 Å². The Kier molecular flexibility index (Phi) is 3.86. The quantitative estimate of drug-likeness (QED) is 0.590. The second-order valence-corrected chi connectivity index (χ2v) is 6.19. The minimum absolute atomic E-state index is 0.543. The predicted molar refractivity (Wildman–Crippen MR) is 103 cm³/mol. The number of nitrogens with one attached hydrogen (secondary N) is 1. The van der Waals surface area contributed by atoms with Crippen LogP contribution in [0.5, 0.6) is 0 Å². The molecular weight excluding hydrogens is 322 g/mol. The SMILES string of the molecule is Cc1ccc(Nc2cc(C#N)cc(-n3c(C)nc4ccccc43)n2)cc1. The third kappa shape index (κ3) is 2.89. The summed E-state index contributed by atoms with van der Waals surface area (Å²) < 4.78 is 1.97. The maximum Gasteiger partial charge on any atom is 0.142 e. The zero-order chi connectivity index (χ0) is 18.1. The fourth-order valence-corrected chi connectivity index (χ4v) is 2.98. The van der Waals surface area contributed by atoms with Gasteiger partial charge in [-0.05, 0) is 50.2 Å². The predicted octanol–water partition coefficient (Wildman–Crippen LogP) is 4.65. The van der Waals surface area contributed by atoms with E-state index in [1.807, 2.05) is 66.9 Å². The Hall–Kier alpha value is -3.65. The highest BCUT2D eigenvalue weighted by Crippen LogP contribution is 2.23. The van der Waals surface area contributed by atoms with Crippen LogP contribution in [0.1, 0.15) is 17.0 Å². The van der Waals surface area contributed by atoms with Gasteiger partial charge in [-0.15, -0.1) is 0 Å². The van der Waals surface area contributed by atoms with Crippen molar-refractivity contribution < 1.29 is 0 Å². The molecule has 0 saturated heterocycles. The molecule has 1 N–H and O–H groups in total. The van der Waals surface area contributed by atoms with Crippen molar-refractivity contribution in [3.8, 4) is 11.9 Å². The molecule has 0 spiro atoms. The number of nitrogens with zero attached hydrogens (tertiary/aromatic N) is 4. The van der Waals surface area contributed by atoms with Crippen molar-refractivity contribution >= 4 is 22.5 Å². The molecular formula is C21H17N5. The van der Waals surface area contributed by atoms with E-state index in [1.165, 1.54) is 5.56 Å².